The van der Waals surface area contributed by atoms with Crippen LogP contribution in [0.4, 0.5) is 5.69 Å². The van der Waals surface area contributed by atoms with Crippen molar-refractivity contribution >= 4 is 21.6 Å². The third kappa shape index (κ3) is 5.81. The molecule has 0 spiro atoms. The summed E-state index contributed by atoms with van der Waals surface area (Å²) < 4.78 is 34.4. The molecule has 7 nitrogen and oxygen atoms in total. The summed E-state index contributed by atoms with van der Waals surface area (Å²) in [6.07, 6.45) is 2.83. The molecule has 3 aromatic rings. The zero-order valence-corrected chi connectivity index (χ0v) is 21.9. The van der Waals surface area contributed by atoms with Gasteiger partial charge in [0.05, 0.1) is 17.1 Å². The minimum absolute atomic E-state index is 0.103. The molecule has 1 fully saturated rings. The van der Waals surface area contributed by atoms with E-state index in [-0.39, 0.29) is 17.3 Å². The number of likely N-dealkylation sites (tertiary alicyclic amines) is 1. The Hall–Kier alpha value is -3.36. The second kappa shape index (κ2) is 10.9. The van der Waals surface area contributed by atoms with E-state index in [0.717, 1.165) is 30.8 Å². The van der Waals surface area contributed by atoms with E-state index in [9.17, 15) is 13.2 Å². The summed E-state index contributed by atoms with van der Waals surface area (Å²) in [6.45, 7) is 5.31. The monoisotopic (exact) mass is 519 g/mol. The molecule has 2 heterocycles. The van der Waals surface area contributed by atoms with Gasteiger partial charge in [0, 0.05) is 13.1 Å². The van der Waals surface area contributed by atoms with Gasteiger partial charge in [0.25, 0.3) is 15.9 Å². The van der Waals surface area contributed by atoms with Gasteiger partial charge in [0.15, 0.2) is 6.10 Å². The number of nitrogens with one attached hydrogen (secondary N) is 1. The fraction of sp³-hybridized carbons (Fsp3) is 0.345. The Bertz CT molecular complexity index is 1350. The first-order chi connectivity index (χ1) is 17.9. The molecule has 5 rings (SSSR count). The van der Waals surface area contributed by atoms with Crippen molar-refractivity contribution < 1.29 is 17.9 Å². The Balaban J connectivity index is 1.30. The number of hydrogen-bond donors (Lipinski definition) is 1. The molecule has 1 atom stereocenters. The number of carbonyl (C=O) groups excluding carboxylic acids is 1. The van der Waals surface area contributed by atoms with Crippen LogP contribution >= 0.6 is 0 Å². The zero-order chi connectivity index (χ0) is 25.8. The van der Waals surface area contributed by atoms with E-state index in [1.54, 1.807) is 42.5 Å². The molecule has 0 aromatic heterocycles. The normalized spacial score (nSPS) is 18.1. The van der Waals surface area contributed by atoms with E-state index in [2.05, 4.69) is 22.3 Å². The van der Waals surface area contributed by atoms with Crippen molar-refractivity contribution in [1.29, 1.82) is 0 Å². The summed E-state index contributed by atoms with van der Waals surface area (Å²) >= 11 is 0. The van der Waals surface area contributed by atoms with Gasteiger partial charge in [-0.25, -0.2) is 8.42 Å². The highest BCUT2D eigenvalue weighted by Gasteiger charge is 2.37. The molecular formula is C29H33N3O4S. The molecule has 1 saturated heterocycles. The molecule has 37 heavy (non-hydrogen) atoms. The summed E-state index contributed by atoms with van der Waals surface area (Å²) in [5.74, 6) is 0.0287. The molecule has 194 valence electrons. The summed E-state index contributed by atoms with van der Waals surface area (Å²) in [5, 5.41) is 2.95. The quantitative estimate of drug-likeness (QED) is 0.505. The lowest BCUT2D eigenvalue weighted by atomic mass is 10.1. The van der Waals surface area contributed by atoms with Crippen LogP contribution < -0.4 is 14.4 Å². The molecule has 0 aliphatic carbocycles. The van der Waals surface area contributed by atoms with Crippen LogP contribution in [0.25, 0.3) is 0 Å². The number of nitrogens with zero attached hydrogens (tertiary/aromatic N) is 2. The van der Waals surface area contributed by atoms with Crippen LogP contribution in [0, 0.1) is 6.92 Å². The maximum absolute atomic E-state index is 13.5. The van der Waals surface area contributed by atoms with E-state index in [4.69, 9.17) is 4.74 Å². The molecule has 8 heteroatoms. The second-order valence-corrected chi connectivity index (χ2v) is 11.7. The number of ether oxygens (including phenoxy) is 1. The highest BCUT2D eigenvalue weighted by molar-refractivity contribution is 7.92. The molecule has 0 radical (unpaired) electrons. The number of sulfonamides is 1. The van der Waals surface area contributed by atoms with Crippen LogP contribution in [0.3, 0.4) is 0 Å². The van der Waals surface area contributed by atoms with Crippen LogP contribution in [-0.2, 0) is 27.9 Å². The van der Waals surface area contributed by atoms with Gasteiger partial charge in [-0.3, -0.25) is 14.0 Å². The Morgan fingerprint density at radius 1 is 0.946 bits per heavy atom. The van der Waals surface area contributed by atoms with Gasteiger partial charge in [0.1, 0.15) is 5.75 Å². The molecule has 0 saturated carbocycles. The van der Waals surface area contributed by atoms with E-state index in [1.807, 2.05) is 25.1 Å². The maximum Gasteiger partial charge on any atom is 0.264 e. The fourth-order valence-corrected chi connectivity index (χ4v) is 6.45. The maximum atomic E-state index is 13.5. The average Bonchev–Trinajstić information content (AvgIpc) is 2.92. The van der Waals surface area contributed by atoms with Crippen molar-refractivity contribution in [3.05, 3.63) is 89.5 Å². The van der Waals surface area contributed by atoms with Gasteiger partial charge >= 0.3 is 0 Å². The fourth-order valence-electron chi connectivity index (χ4n) is 4.96. The lowest BCUT2D eigenvalue weighted by molar-refractivity contribution is -0.127. The lowest BCUT2D eigenvalue weighted by Crippen LogP contribution is -2.50. The number of piperidine rings is 1. The Kier molecular flexibility index (Phi) is 7.48. The molecule has 0 bridgehead atoms. The number of rotatable bonds is 7. The smallest absolute Gasteiger partial charge is 0.264 e. The van der Waals surface area contributed by atoms with E-state index in [0.29, 0.717) is 18.0 Å². The predicted molar refractivity (Wildman–Crippen MR) is 144 cm³/mol. The number of anilines is 1. The SMILES string of the molecule is Cc1ccc2c(c1)N(S(=O)(=O)c1ccccc1)CC(C(=O)NCc1cccc(CN3CCCCC3)c1)O2. The molecule has 1 amide bonds. The van der Waals surface area contributed by atoms with Crippen LogP contribution in [0.2, 0.25) is 0 Å². The number of amides is 1. The van der Waals surface area contributed by atoms with Crippen LogP contribution in [0.1, 0.15) is 36.0 Å². The third-order valence-electron chi connectivity index (χ3n) is 6.92. The number of hydrogen-bond acceptors (Lipinski definition) is 5. The Morgan fingerprint density at radius 2 is 1.70 bits per heavy atom. The highest BCUT2D eigenvalue weighted by Crippen LogP contribution is 2.37. The number of fused-ring (bicyclic) bond motifs is 1. The topological polar surface area (TPSA) is 79.0 Å². The van der Waals surface area contributed by atoms with Crippen molar-refractivity contribution in [3.8, 4) is 5.75 Å². The van der Waals surface area contributed by atoms with Crippen molar-refractivity contribution in [2.24, 2.45) is 0 Å². The highest BCUT2D eigenvalue weighted by atomic mass is 32.2. The molecule has 3 aromatic carbocycles. The Labute approximate surface area is 219 Å². The van der Waals surface area contributed by atoms with Gasteiger partial charge in [0.2, 0.25) is 0 Å². The first kappa shape index (κ1) is 25.3. The van der Waals surface area contributed by atoms with E-state index < -0.39 is 16.1 Å². The van der Waals surface area contributed by atoms with Gasteiger partial charge in [-0.1, -0.05) is 55.0 Å². The lowest BCUT2D eigenvalue weighted by Gasteiger charge is -2.35. The molecule has 2 aliphatic heterocycles. The van der Waals surface area contributed by atoms with Crippen molar-refractivity contribution in [1.82, 2.24) is 10.2 Å². The number of benzene rings is 3. The summed E-state index contributed by atoms with van der Waals surface area (Å²) in [4.78, 5) is 15.8. The second-order valence-electron chi connectivity index (χ2n) is 9.80. The molecule has 2 aliphatic rings. The standard InChI is InChI=1S/C29H33N3O4S/c1-22-13-14-27-26(17-22)32(37(34,35)25-11-4-2-5-12-25)21-28(36-27)29(33)30-19-23-9-8-10-24(18-23)20-31-15-6-3-7-16-31/h2,4-5,8-14,17-18,28H,3,6-7,15-16,19-21H2,1H3,(H,30,33). The van der Waals surface area contributed by atoms with Gasteiger partial charge < -0.3 is 10.1 Å². The average molecular weight is 520 g/mol. The minimum Gasteiger partial charge on any atom is -0.476 e. The first-order valence-corrected chi connectivity index (χ1v) is 14.3. The molecular weight excluding hydrogens is 486 g/mol. The van der Waals surface area contributed by atoms with Crippen molar-refractivity contribution in [3.63, 3.8) is 0 Å². The predicted octanol–water partition coefficient (Wildman–Crippen LogP) is 4.25. The van der Waals surface area contributed by atoms with Crippen molar-refractivity contribution in [2.75, 3.05) is 23.9 Å². The van der Waals surface area contributed by atoms with Crippen LogP contribution in [-0.4, -0.2) is 45.0 Å². The summed E-state index contributed by atoms with van der Waals surface area (Å²) in [6, 6.07) is 21.9. The number of carbonyl (C=O) groups is 1. The van der Waals surface area contributed by atoms with E-state index >= 15 is 0 Å². The third-order valence-corrected chi connectivity index (χ3v) is 8.71. The summed E-state index contributed by atoms with van der Waals surface area (Å²) in [7, 11) is -3.88. The van der Waals surface area contributed by atoms with Crippen molar-refractivity contribution in [2.45, 2.75) is 50.3 Å². The minimum atomic E-state index is -3.88. The largest absolute Gasteiger partial charge is 0.476 e. The first-order valence-electron chi connectivity index (χ1n) is 12.8. The van der Waals surface area contributed by atoms with Gasteiger partial charge in [-0.2, -0.15) is 0 Å². The van der Waals surface area contributed by atoms with E-state index in [1.165, 1.54) is 29.1 Å². The van der Waals surface area contributed by atoms with Gasteiger partial charge in [-0.05, 0) is 73.8 Å². The van der Waals surface area contributed by atoms with Crippen LogP contribution in [0.15, 0.2) is 77.7 Å². The molecule has 1 unspecified atom stereocenters. The number of aryl methyl sites for hydroxylation is 1. The Morgan fingerprint density at radius 3 is 2.49 bits per heavy atom. The summed E-state index contributed by atoms with van der Waals surface area (Å²) in [5.41, 5.74) is 3.58. The van der Waals surface area contributed by atoms with Crippen LogP contribution in [0.5, 0.6) is 5.75 Å². The molecule has 1 N–H and O–H groups in total. The van der Waals surface area contributed by atoms with Gasteiger partial charge in [-0.15, -0.1) is 0 Å². The zero-order valence-electron chi connectivity index (χ0n) is 21.1.